The van der Waals surface area contributed by atoms with E-state index in [4.69, 9.17) is 0 Å². The summed E-state index contributed by atoms with van der Waals surface area (Å²) in [5.74, 6) is 0.142. The molecule has 2 aliphatic heterocycles. The van der Waals surface area contributed by atoms with E-state index < -0.39 is 0 Å². The van der Waals surface area contributed by atoms with Crippen molar-refractivity contribution in [3.63, 3.8) is 0 Å². The number of rotatable bonds is 4. The molecule has 2 fully saturated rings. The van der Waals surface area contributed by atoms with Gasteiger partial charge in [-0.3, -0.25) is 19.6 Å². The summed E-state index contributed by atoms with van der Waals surface area (Å²) in [6.07, 6.45) is 10.6. The molecule has 1 spiro atoms. The lowest BCUT2D eigenvalue weighted by Gasteiger charge is -2.48. The molecule has 2 saturated heterocycles. The first-order valence-electron chi connectivity index (χ1n) is 9.88. The zero-order valence-electron chi connectivity index (χ0n) is 16.0. The Balaban J connectivity index is 1.43. The second-order valence-electron chi connectivity index (χ2n) is 7.81. The molecule has 0 N–H and O–H groups in total. The fourth-order valence-corrected chi connectivity index (χ4v) is 4.39. The van der Waals surface area contributed by atoms with Crippen molar-refractivity contribution < 1.29 is 9.59 Å². The van der Waals surface area contributed by atoms with E-state index in [1.165, 1.54) is 6.20 Å². The fraction of sp³-hybridized carbons (Fsp3) is 0.476. The molecule has 28 heavy (non-hydrogen) atoms. The Morgan fingerprint density at radius 1 is 1.11 bits per heavy atom. The molecule has 146 valence electrons. The Morgan fingerprint density at radius 2 is 2.04 bits per heavy atom. The van der Waals surface area contributed by atoms with Gasteiger partial charge in [0.05, 0.1) is 6.20 Å². The van der Waals surface area contributed by atoms with Crippen LogP contribution in [0.2, 0.25) is 0 Å². The molecule has 0 unspecified atom stereocenters. The van der Waals surface area contributed by atoms with E-state index in [0.717, 1.165) is 37.9 Å². The summed E-state index contributed by atoms with van der Waals surface area (Å²) in [7, 11) is 0. The van der Waals surface area contributed by atoms with Crippen LogP contribution in [0.15, 0.2) is 43.0 Å². The smallest absolute Gasteiger partial charge is 0.274 e. The number of piperidine rings is 2. The van der Waals surface area contributed by atoms with Gasteiger partial charge in [0.2, 0.25) is 5.91 Å². The Morgan fingerprint density at radius 3 is 2.82 bits per heavy atom. The largest absolute Gasteiger partial charge is 0.342 e. The topological polar surface area (TPSA) is 79.3 Å². The van der Waals surface area contributed by atoms with Gasteiger partial charge < -0.3 is 9.80 Å². The van der Waals surface area contributed by atoms with E-state index in [-0.39, 0.29) is 17.2 Å². The molecular formula is C21H25N5O2. The van der Waals surface area contributed by atoms with E-state index in [9.17, 15) is 9.59 Å². The quantitative estimate of drug-likeness (QED) is 0.811. The highest BCUT2D eigenvalue weighted by Crippen LogP contribution is 2.39. The number of likely N-dealkylation sites (tertiary alicyclic amines) is 2. The predicted molar refractivity (Wildman–Crippen MR) is 103 cm³/mol. The van der Waals surface area contributed by atoms with Crippen LogP contribution in [0.1, 0.15) is 41.9 Å². The van der Waals surface area contributed by atoms with E-state index in [1.54, 1.807) is 18.6 Å². The number of nitrogens with zero attached hydrogens (tertiary/aromatic N) is 5. The average molecular weight is 379 g/mol. The maximum absolute atomic E-state index is 12.8. The van der Waals surface area contributed by atoms with Crippen molar-refractivity contribution >= 4 is 11.8 Å². The van der Waals surface area contributed by atoms with Gasteiger partial charge in [0, 0.05) is 68.7 Å². The second kappa shape index (κ2) is 8.04. The maximum atomic E-state index is 12.8. The molecule has 2 aromatic heterocycles. The molecular weight excluding hydrogens is 354 g/mol. The third kappa shape index (κ3) is 4.03. The van der Waals surface area contributed by atoms with E-state index in [0.29, 0.717) is 31.7 Å². The minimum atomic E-state index is -0.0656. The molecule has 0 aliphatic carbocycles. The van der Waals surface area contributed by atoms with Crippen molar-refractivity contribution in [2.75, 3.05) is 26.2 Å². The van der Waals surface area contributed by atoms with Crippen LogP contribution in [0, 0.1) is 5.41 Å². The third-order valence-electron chi connectivity index (χ3n) is 5.84. The second-order valence-corrected chi connectivity index (χ2v) is 7.81. The standard InChI is InChI=1S/C21H25N5O2/c27-19-5-8-21(15-25(19)13-6-17-4-1-2-9-23-17)7-3-12-26(16-21)20(28)18-14-22-10-11-24-18/h1-2,4,9-11,14H,3,5-8,12-13,15-16H2/t21-/m1/s1. The predicted octanol–water partition coefficient (Wildman–Crippen LogP) is 1.96. The van der Waals surface area contributed by atoms with Gasteiger partial charge in [0.15, 0.2) is 0 Å². The lowest BCUT2D eigenvalue weighted by Crippen LogP contribution is -2.55. The first-order valence-corrected chi connectivity index (χ1v) is 9.88. The van der Waals surface area contributed by atoms with Crippen molar-refractivity contribution in [3.8, 4) is 0 Å². The van der Waals surface area contributed by atoms with Crippen molar-refractivity contribution in [2.45, 2.75) is 32.1 Å². The van der Waals surface area contributed by atoms with Crippen LogP contribution < -0.4 is 0 Å². The molecule has 2 aliphatic rings. The monoisotopic (exact) mass is 379 g/mol. The van der Waals surface area contributed by atoms with Crippen molar-refractivity contribution in [1.82, 2.24) is 24.8 Å². The van der Waals surface area contributed by atoms with Crippen LogP contribution in [0.5, 0.6) is 0 Å². The van der Waals surface area contributed by atoms with Crippen LogP contribution in [0.25, 0.3) is 0 Å². The van der Waals surface area contributed by atoms with Crippen LogP contribution >= 0.6 is 0 Å². The molecule has 4 heterocycles. The number of hydrogen-bond acceptors (Lipinski definition) is 5. The SMILES string of the molecule is O=C1CC[C@]2(CCCN(C(=O)c3cnccn3)C2)CN1CCc1ccccn1. The molecule has 7 heteroatoms. The maximum Gasteiger partial charge on any atom is 0.274 e. The van der Waals surface area contributed by atoms with Gasteiger partial charge in [-0.05, 0) is 31.4 Å². The molecule has 1 atom stereocenters. The number of amides is 2. The van der Waals surface area contributed by atoms with Gasteiger partial charge in [0.25, 0.3) is 5.91 Å². The fourth-order valence-electron chi connectivity index (χ4n) is 4.39. The van der Waals surface area contributed by atoms with Crippen LogP contribution in [0.4, 0.5) is 0 Å². The van der Waals surface area contributed by atoms with Gasteiger partial charge in [-0.25, -0.2) is 4.98 Å². The summed E-state index contributed by atoms with van der Waals surface area (Å²) in [6, 6.07) is 5.86. The molecule has 0 bridgehead atoms. The van der Waals surface area contributed by atoms with E-state index in [1.807, 2.05) is 28.0 Å². The van der Waals surface area contributed by atoms with Gasteiger partial charge in [-0.1, -0.05) is 6.07 Å². The van der Waals surface area contributed by atoms with E-state index >= 15 is 0 Å². The zero-order chi connectivity index (χ0) is 19.4. The Hall–Kier alpha value is -2.83. The molecule has 0 aromatic carbocycles. The number of carbonyl (C=O) groups excluding carboxylic acids is 2. The Bertz CT molecular complexity index is 829. The van der Waals surface area contributed by atoms with Gasteiger partial charge >= 0.3 is 0 Å². The lowest BCUT2D eigenvalue weighted by molar-refractivity contribution is -0.138. The third-order valence-corrected chi connectivity index (χ3v) is 5.84. The van der Waals surface area contributed by atoms with Gasteiger partial charge in [-0.15, -0.1) is 0 Å². The first-order chi connectivity index (χ1) is 13.7. The molecule has 7 nitrogen and oxygen atoms in total. The summed E-state index contributed by atoms with van der Waals surface area (Å²) in [5, 5.41) is 0. The minimum absolute atomic E-state index is 0.0197. The molecule has 2 amide bonds. The molecule has 4 rings (SSSR count). The number of hydrogen-bond donors (Lipinski definition) is 0. The lowest BCUT2D eigenvalue weighted by atomic mass is 9.73. The summed E-state index contributed by atoms with van der Waals surface area (Å²) in [5.41, 5.74) is 1.37. The Labute approximate surface area is 164 Å². The van der Waals surface area contributed by atoms with Gasteiger partial charge in [0.1, 0.15) is 5.69 Å². The van der Waals surface area contributed by atoms with Crippen LogP contribution in [-0.2, 0) is 11.2 Å². The highest BCUT2D eigenvalue weighted by atomic mass is 16.2. The highest BCUT2D eigenvalue weighted by Gasteiger charge is 2.42. The Kier molecular flexibility index (Phi) is 5.32. The van der Waals surface area contributed by atoms with Crippen molar-refractivity contribution in [1.29, 1.82) is 0 Å². The van der Waals surface area contributed by atoms with Crippen molar-refractivity contribution in [3.05, 3.63) is 54.4 Å². The van der Waals surface area contributed by atoms with Crippen molar-refractivity contribution in [2.24, 2.45) is 5.41 Å². The number of carbonyl (C=O) groups is 2. The van der Waals surface area contributed by atoms with E-state index in [2.05, 4.69) is 15.0 Å². The average Bonchev–Trinajstić information content (AvgIpc) is 2.75. The van der Waals surface area contributed by atoms with Crippen LogP contribution in [0.3, 0.4) is 0 Å². The zero-order valence-corrected chi connectivity index (χ0v) is 16.0. The summed E-state index contributed by atoms with van der Waals surface area (Å²) in [6.45, 7) is 2.80. The number of aromatic nitrogens is 3. The summed E-state index contributed by atoms with van der Waals surface area (Å²) in [4.78, 5) is 41.7. The molecule has 0 radical (unpaired) electrons. The number of pyridine rings is 1. The highest BCUT2D eigenvalue weighted by molar-refractivity contribution is 5.92. The summed E-state index contributed by atoms with van der Waals surface area (Å²) < 4.78 is 0. The van der Waals surface area contributed by atoms with Gasteiger partial charge in [-0.2, -0.15) is 0 Å². The minimum Gasteiger partial charge on any atom is -0.342 e. The molecule has 2 aromatic rings. The molecule has 0 saturated carbocycles. The first kappa shape index (κ1) is 18.5. The normalized spacial score (nSPS) is 22.5. The van der Waals surface area contributed by atoms with Crippen LogP contribution in [-0.4, -0.2) is 62.7 Å². The summed E-state index contributed by atoms with van der Waals surface area (Å²) >= 11 is 0.